The highest BCUT2D eigenvalue weighted by atomic mass is 32.1. The fourth-order valence-electron chi connectivity index (χ4n) is 4.06. The van der Waals surface area contributed by atoms with E-state index in [9.17, 15) is 4.79 Å². The number of amides is 1. The van der Waals surface area contributed by atoms with Crippen molar-refractivity contribution >= 4 is 27.5 Å². The van der Waals surface area contributed by atoms with Crippen LogP contribution in [0.5, 0.6) is 0 Å². The predicted octanol–water partition coefficient (Wildman–Crippen LogP) is 4.79. The molecule has 2 heterocycles. The minimum atomic E-state index is 0.163. The standard InChI is InChI=1S/C24H29N3OS/c28-23(14-8-15-24-26-21-12-4-5-13-22(21)29-24)25-17-20-11-6-7-16-27(20)18-19-9-2-1-3-10-19/h1-5,9-10,12-13,20H,6-8,11,14-18H2,(H,25,28). The maximum absolute atomic E-state index is 12.4. The number of benzene rings is 2. The van der Waals surface area contributed by atoms with Crippen LogP contribution >= 0.6 is 11.3 Å². The van der Waals surface area contributed by atoms with E-state index in [0.29, 0.717) is 12.5 Å². The minimum Gasteiger partial charge on any atom is -0.355 e. The molecule has 1 atom stereocenters. The van der Waals surface area contributed by atoms with Gasteiger partial charge in [0.2, 0.25) is 5.91 Å². The second-order valence-corrected chi connectivity index (χ2v) is 8.95. The number of hydrogen-bond donors (Lipinski definition) is 1. The van der Waals surface area contributed by atoms with Crippen molar-refractivity contribution in [1.82, 2.24) is 15.2 Å². The highest BCUT2D eigenvalue weighted by Crippen LogP contribution is 2.23. The second-order valence-electron chi connectivity index (χ2n) is 7.84. The number of aromatic nitrogens is 1. The zero-order valence-corrected chi connectivity index (χ0v) is 17.7. The smallest absolute Gasteiger partial charge is 0.220 e. The molecule has 1 fully saturated rings. The fraction of sp³-hybridized carbons (Fsp3) is 0.417. The number of para-hydroxylation sites is 1. The Bertz CT molecular complexity index is 891. The minimum absolute atomic E-state index is 0.163. The van der Waals surface area contributed by atoms with Gasteiger partial charge in [-0.25, -0.2) is 4.98 Å². The van der Waals surface area contributed by atoms with E-state index in [1.165, 1.54) is 29.5 Å². The van der Waals surface area contributed by atoms with Crippen LogP contribution in [-0.4, -0.2) is 34.9 Å². The average Bonchev–Trinajstić information content (AvgIpc) is 3.17. The lowest BCUT2D eigenvalue weighted by Gasteiger charge is -2.36. The van der Waals surface area contributed by atoms with E-state index in [1.54, 1.807) is 11.3 Å². The summed E-state index contributed by atoms with van der Waals surface area (Å²) in [6.45, 7) is 2.85. The average molecular weight is 408 g/mol. The number of thiazole rings is 1. The van der Waals surface area contributed by atoms with Crippen molar-refractivity contribution in [2.24, 2.45) is 0 Å². The molecular weight excluding hydrogens is 378 g/mol. The summed E-state index contributed by atoms with van der Waals surface area (Å²) in [4.78, 5) is 19.6. The van der Waals surface area contributed by atoms with Crippen LogP contribution in [0.4, 0.5) is 0 Å². The van der Waals surface area contributed by atoms with Crippen LogP contribution in [0.2, 0.25) is 0 Å². The number of aryl methyl sites for hydroxylation is 1. The topological polar surface area (TPSA) is 45.2 Å². The first-order valence-corrected chi connectivity index (χ1v) is 11.5. The number of nitrogens with one attached hydrogen (secondary N) is 1. The van der Waals surface area contributed by atoms with Crippen molar-refractivity contribution in [3.63, 3.8) is 0 Å². The molecule has 1 aromatic heterocycles. The molecule has 0 bridgehead atoms. The van der Waals surface area contributed by atoms with E-state index < -0.39 is 0 Å². The summed E-state index contributed by atoms with van der Waals surface area (Å²) < 4.78 is 1.22. The van der Waals surface area contributed by atoms with Crippen LogP contribution in [0.3, 0.4) is 0 Å². The number of hydrogen-bond acceptors (Lipinski definition) is 4. The first-order chi connectivity index (χ1) is 14.3. The third-order valence-electron chi connectivity index (χ3n) is 5.65. The quantitative estimate of drug-likeness (QED) is 0.584. The lowest BCUT2D eigenvalue weighted by molar-refractivity contribution is -0.121. The number of nitrogens with zero attached hydrogens (tertiary/aromatic N) is 2. The normalized spacial score (nSPS) is 17.4. The van der Waals surface area contributed by atoms with Crippen molar-refractivity contribution in [2.75, 3.05) is 13.1 Å². The number of carbonyl (C=O) groups is 1. The second kappa shape index (κ2) is 9.99. The van der Waals surface area contributed by atoms with E-state index in [4.69, 9.17) is 0 Å². The summed E-state index contributed by atoms with van der Waals surface area (Å²) >= 11 is 1.74. The Morgan fingerprint density at radius 3 is 2.79 bits per heavy atom. The van der Waals surface area contributed by atoms with Gasteiger partial charge in [0.25, 0.3) is 0 Å². The number of carbonyl (C=O) groups excluding carboxylic acids is 1. The Balaban J connectivity index is 1.21. The predicted molar refractivity (Wildman–Crippen MR) is 120 cm³/mol. The fourth-order valence-corrected chi connectivity index (χ4v) is 5.07. The molecule has 152 valence electrons. The molecule has 0 saturated carbocycles. The molecule has 1 aliphatic heterocycles. The van der Waals surface area contributed by atoms with Gasteiger partial charge < -0.3 is 5.32 Å². The maximum atomic E-state index is 12.4. The van der Waals surface area contributed by atoms with Gasteiger partial charge in [-0.1, -0.05) is 48.9 Å². The van der Waals surface area contributed by atoms with Gasteiger partial charge in [0.05, 0.1) is 15.2 Å². The van der Waals surface area contributed by atoms with E-state index >= 15 is 0 Å². The van der Waals surface area contributed by atoms with Crippen LogP contribution < -0.4 is 5.32 Å². The molecule has 0 aliphatic carbocycles. The summed E-state index contributed by atoms with van der Waals surface area (Å²) in [5.41, 5.74) is 2.41. The molecule has 0 spiro atoms. The van der Waals surface area contributed by atoms with Crippen molar-refractivity contribution in [1.29, 1.82) is 0 Å². The number of likely N-dealkylation sites (tertiary alicyclic amines) is 1. The number of piperidine rings is 1. The van der Waals surface area contributed by atoms with Crippen LogP contribution in [0.25, 0.3) is 10.2 Å². The van der Waals surface area contributed by atoms with Crippen LogP contribution in [0.1, 0.15) is 42.7 Å². The third kappa shape index (κ3) is 5.64. The first-order valence-electron chi connectivity index (χ1n) is 10.7. The third-order valence-corrected chi connectivity index (χ3v) is 6.74. The summed E-state index contributed by atoms with van der Waals surface area (Å²) in [6, 6.07) is 19.3. The number of rotatable bonds is 8. The maximum Gasteiger partial charge on any atom is 0.220 e. The molecule has 1 N–H and O–H groups in total. The van der Waals surface area contributed by atoms with Crippen LogP contribution in [0.15, 0.2) is 54.6 Å². The molecular formula is C24H29N3OS. The Hall–Kier alpha value is -2.24. The first kappa shape index (κ1) is 20.0. The van der Waals surface area contributed by atoms with E-state index in [0.717, 1.165) is 43.0 Å². The molecule has 1 aliphatic rings. The van der Waals surface area contributed by atoms with E-state index in [-0.39, 0.29) is 5.91 Å². The highest BCUT2D eigenvalue weighted by molar-refractivity contribution is 7.18. The molecule has 2 aromatic carbocycles. The summed E-state index contributed by atoms with van der Waals surface area (Å²) in [7, 11) is 0. The van der Waals surface area contributed by atoms with Crippen molar-refractivity contribution in [3.8, 4) is 0 Å². The molecule has 1 saturated heterocycles. The Morgan fingerprint density at radius 1 is 1.10 bits per heavy atom. The van der Waals surface area contributed by atoms with Gasteiger partial charge >= 0.3 is 0 Å². The molecule has 0 radical (unpaired) electrons. The van der Waals surface area contributed by atoms with Gasteiger partial charge in [0, 0.05) is 25.6 Å². The molecule has 4 nitrogen and oxygen atoms in total. The molecule has 29 heavy (non-hydrogen) atoms. The summed E-state index contributed by atoms with van der Waals surface area (Å²) in [5.74, 6) is 0.163. The van der Waals surface area contributed by atoms with Gasteiger partial charge in [0.1, 0.15) is 0 Å². The zero-order valence-electron chi connectivity index (χ0n) is 16.8. The summed E-state index contributed by atoms with van der Waals surface area (Å²) in [6.07, 6.45) is 5.96. The Labute approximate surface area is 177 Å². The lowest BCUT2D eigenvalue weighted by Crippen LogP contribution is -2.46. The Morgan fingerprint density at radius 2 is 1.93 bits per heavy atom. The van der Waals surface area contributed by atoms with E-state index in [2.05, 4.69) is 51.6 Å². The zero-order chi connectivity index (χ0) is 19.9. The van der Waals surface area contributed by atoms with Gasteiger partial charge in [0.15, 0.2) is 0 Å². The van der Waals surface area contributed by atoms with Gasteiger partial charge in [-0.2, -0.15) is 0 Å². The monoisotopic (exact) mass is 407 g/mol. The highest BCUT2D eigenvalue weighted by Gasteiger charge is 2.22. The van der Waals surface area contributed by atoms with Gasteiger partial charge in [-0.15, -0.1) is 11.3 Å². The molecule has 5 heteroatoms. The van der Waals surface area contributed by atoms with Crippen LogP contribution in [-0.2, 0) is 17.8 Å². The Kier molecular flexibility index (Phi) is 6.91. The SMILES string of the molecule is O=C(CCCc1nc2ccccc2s1)NCC1CCCCN1Cc1ccccc1. The van der Waals surface area contributed by atoms with Crippen LogP contribution in [0, 0.1) is 0 Å². The molecule has 4 rings (SSSR count). The van der Waals surface area contributed by atoms with Gasteiger partial charge in [-0.3, -0.25) is 9.69 Å². The van der Waals surface area contributed by atoms with Crippen molar-refractivity contribution in [3.05, 3.63) is 65.2 Å². The molecule has 1 unspecified atom stereocenters. The van der Waals surface area contributed by atoms with Crippen molar-refractivity contribution in [2.45, 2.75) is 51.1 Å². The summed E-state index contributed by atoms with van der Waals surface area (Å²) in [5, 5.41) is 4.31. The van der Waals surface area contributed by atoms with Gasteiger partial charge in [-0.05, 0) is 49.9 Å². The molecule has 1 amide bonds. The lowest BCUT2D eigenvalue weighted by atomic mass is 10.0. The van der Waals surface area contributed by atoms with E-state index in [1.807, 2.05) is 18.2 Å². The largest absolute Gasteiger partial charge is 0.355 e. The number of fused-ring (bicyclic) bond motifs is 1. The molecule has 3 aromatic rings. The van der Waals surface area contributed by atoms with Crippen molar-refractivity contribution < 1.29 is 4.79 Å².